The van der Waals surface area contributed by atoms with E-state index in [-0.39, 0.29) is 5.56 Å². The van der Waals surface area contributed by atoms with Crippen LogP contribution in [0.4, 0.5) is 5.82 Å². The Morgan fingerprint density at radius 3 is 3.08 bits per heavy atom. The Labute approximate surface area is 151 Å². The van der Waals surface area contributed by atoms with E-state index in [1.165, 1.54) is 31.0 Å². The van der Waals surface area contributed by atoms with Crippen LogP contribution in [-0.2, 0) is 19.4 Å². The van der Waals surface area contributed by atoms with E-state index in [1.807, 2.05) is 0 Å². The summed E-state index contributed by atoms with van der Waals surface area (Å²) in [5.41, 5.74) is 2.31. The van der Waals surface area contributed by atoms with Gasteiger partial charge in [0.05, 0.1) is 30.2 Å². The average Bonchev–Trinajstić information content (AvgIpc) is 3.30. The molecule has 2 aliphatic rings. The van der Waals surface area contributed by atoms with E-state index < -0.39 is 0 Å². The smallest absolute Gasteiger partial charge is 0.267 e. The zero-order valence-electron chi connectivity index (χ0n) is 14.4. The monoisotopic (exact) mass is 360 g/mol. The van der Waals surface area contributed by atoms with Crippen LogP contribution in [0, 0.1) is 0 Å². The summed E-state index contributed by atoms with van der Waals surface area (Å²) in [6.07, 6.45) is 8.56. The third kappa shape index (κ3) is 3.90. The van der Waals surface area contributed by atoms with Gasteiger partial charge in [0.2, 0.25) is 0 Å². The zero-order valence-corrected chi connectivity index (χ0v) is 15.2. The number of hydrogen-bond donors (Lipinski definition) is 1. The molecule has 0 aromatic carbocycles. The van der Waals surface area contributed by atoms with Gasteiger partial charge in [-0.15, -0.1) is 0 Å². The molecule has 1 N–H and O–H groups in total. The molecule has 1 atom stereocenters. The Morgan fingerprint density at radius 1 is 1.24 bits per heavy atom. The maximum atomic E-state index is 12.3. The number of hydrogen-bond acceptors (Lipinski definition) is 7. The molecule has 0 spiro atoms. The minimum Gasteiger partial charge on any atom is -0.366 e. The first-order valence-corrected chi connectivity index (χ1v) is 9.88. The number of rotatable bonds is 6. The van der Waals surface area contributed by atoms with Gasteiger partial charge < -0.3 is 5.32 Å². The van der Waals surface area contributed by atoms with E-state index in [0.717, 1.165) is 56.0 Å². The molecular weight excluding hydrogens is 336 g/mol. The highest BCUT2D eigenvalue weighted by molar-refractivity contribution is 6.99. The summed E-state index contributed by atoms with van der Waals surface area (Å²) in [7, 11) is 0. The van der Waals surface area contributed by atoms with Gasteiger partial charge in [-0.05, 0) is 44.2 Å². The van der Waals surface area contributed by atoms with Crippen LogP contribution in [0.5, 0.6) is 0 Å². The van der Waals surface area contributed by atoms with Crippen LogP contribution < -0.4 is 10.9 Å². The fourth-order valence-corrected chi connectivity index (χ4v) is 4.27. The molecule has 0 saturated carbocycles. The van der Waals surface area contributed by atoms with E-state index in [9.17, 15) is 4.79 Å². The second kappa shape index (κ2) is 7.61. The summed E-state index contributed by atoms with van der Waals surface area (Å²) >= 11 is 1.22. The van der Waals surface area contributed by atoms with E-state index in [4.69, 9.17) is 0 Å². The molecular formula is C17H24N6OS. The van der Waals surface area contributed by atoms with Gasteiger partial charge in [0.15, 0.2) is 5.82 Å². The van der Waals surface area contributed by atoms with Gasteiger partial charge >= 0.3 is 0 Å². The molecule has 1 aliphatic carbocycles. The highest BCUT2D eigenvalue weighted by atomic mass is 32.1. The number of likely N-dealkylation sites (tertiary alicyclic amines) is 1. The van der Waals surface area contributed by atoms with E-state index in [1.54, 1.807) is 16.9 Å². The van der Waals surface area contributed by atoms with Crippen molar-refractivity contribution < 1.29 is 0 Å². The van der Waals surface area contributed by atoms with Crippen LogP contribution in [0.1, 0.15) is 36.9 Å². The third-order valence-corrected chi connectivity index (χ3v) is 5.73. The van der Waals surface area contributed by atoms with Crippen LogP contribution >= 0.6 is 11.7 Å². The molecule has 1 aliphatic heterocycles. The summed E-state index contributed by atoms with van der Waals surface area (Å²) in [6.45, 7) is 3.49. The molecule has 0 radical (unpaired) electrons. The first kappa shape index (κ1) is 16.7. The summed E-state index contributed by atoms with van der Waals surface area (Å²) in [6, 6.07) is 2.26. The van der Waals surface area contributed by atoms with Crippen molar-refractivity contribution in [1.82, 2.24) is 23.4 Å². The maximum Gasteiger partial charge on any atom is 0.267 e. The van der Waals surface area contributed by atoms with Crippen molar-refractivity contribution >= 4 is 17.5 Å². The molecule has 0 bridgehead atoms. The third-order valence-electron chi connectivity index (χ3n) is 5.25. The number of anilines is 1. The highest BCUT2D eigenvalue weighted by Gasteiger charge is 2.23. The van der Waals surface area contributed by atoms with Crippen molar-refractivity contribution in [3.8, 4) is 0 Å². The normalized spacial score (nSPS) is 20.6. The van der Waals surface area contributed by atoms with Gasteiger partial charge in [-0.25, -0.2) is 4.68 Å². The molecule has 7 nitrogen and oxygen atoms in total. The Morgan fingerprint density at radius 2 is 2.20 bits per heavy atom. The fourth-order valence-electron chi connectivity index (χ4n) is 3.87. The second-order valence-electron chi connectivity index (χ2n) is 6.89. The van der Waals surface area contributed by atoms with Gasteiger partial charge in [0.25, 0.3) is 5.56 Å². The van der Waals surface area contributed by atoms with Gasteiger partial charge in [0.1, 0.15) is 0 Å². The van der Waals surface area contributed by atoms with Crippen LogP contribution in [-0.4, -0.2) is 49.1 Å². The lowest BCUT2D eigenvalue weighted by molar-refractivity contribution is 0.148. The van der Waals surface area contributed by atoms with Crippen molar-refractivity contribution in [2.24, 2.45) is 0 Å². The molecule has 1 unspecified atom stereocenters. The minimum atomic E-state index is 0.0425. The lowest BCUT2D eigenvalue weighted by Gasteiger charge is -2.35. The molecule has 2 aromatic heterocycles. The topological polar surface area (TPSA) is 75.9 Å². The van der Waals surface area contributed by atoms with Crippen LogP contribution in [0.3, 0.4) is 0 Å². The van der Waals surface area contributed by atoms with E-state index >= 15 is 0 Å². The van der Waals surface area contributed by atoms with Crippen molar-refractivity contribution in [2.45, 2.75) is 51.1 Å². The minimum absolute atomic E-state index is 0.0425. The molecule has 4 rings (SSSR count). The van der Waals surface area contributed by atoms with Gasteiger partial charge in [-0.2, -0.15) is 13.8 Å². The van der Waals surface area contributed by atoms with Crippen molar-refractivity contribution in [2.75, 3.05) is 25.0 Å². The highest BCUT2D eigenvalue weighted by Crippen LogP contribution is 2.19. The Kier molecular flexibility index (Phi) is 5.07. The summed E-state index contributed by atoms with van der Waals surface area (Å²) in [5.74, 6) is 0.854. The van der Waals surface area contributed by atoms with Crippen LogP contribution in [0.25, 0.3) is 0 Å². The number of fused-ring (bicyclic) bond motifs is 1. The maximum absolute atomic E-state index is 12.3. The fraction of sp³-hybridized carbons (Fsp3) is 0.647. The SMILES string of the molecule is O=c1cc2c(nn1CCN1CCCCC1CNc1cnsn1)CCC2. The predicted molar refractivity (Wildman–Crippen MR) is 98.1 cm³/mol. The molecule has 2 aromatic rings. The quantitative estimate of drug-likeness (QED) is 0.842. The number of nitrogens with zero attached hydrogens (tertiary/aromatic N) is 5. The van der Waals surface area contributed by atoms with E-state index in [0.29, 0.717) is 12.6 Å². The summed E-state index contributed by atoms with van der Waals surface area (Å²) < 4.78 is 9.90. The second-order valence-corrected chi connectivity index (χ2v) is 7.45. The first-order chi connectivity index (χ1) is 12.3. The van der Waals surface area contributed by atoms with Gasteiger partial charge in [-0.3, -0.25) is 9.69 Å². The molecule has 1 fully saturated rings. The first-order valence-electron chi connectivity index (χ1n) is 9.15. The van der Waals surface area contributed by atoms with Crippen molar-refractivity contribution in [1.29, 1.82) is 0 Å². The number of nitrogens with one attached hydrogen (secondary N) is 1. The number of aromatic nitrogens is 4. The summed E-state index contributed by atoms with van der Waals surface area (Å²) in [5, 5.41) is 7.97. The van der Waals surface area contributed by atoms with Gasteiger partial charge in [0, 0.05) is 25.2 Å². The lowest BCUT2D eigenvalue weighted by Crippen LogP contribution is -2.45. The number of aryl methyl sites for hydroxylation is 2. The predicted octanol–water partition coefficient (Wildman–Crippen LogP) is 1.55. The molecule has 1 saturated heterocycles. The van der Waals surface area contributed by atoms with Crippen LogP contribution in [0.2, 0.25) is 0 Å². The molecule has 0 amide bonds. The molecule has 3 heterocycles. The Bertz CT molecular complexity index is 759. The average molecular weight is 360 g/mol. The summed E-state index contributed by atoms with van der Waals surface area (Å²) in [4.78, 5) is 14.8. The van der Waals surface area contributed by atoms with E-state index in [2.05, 4.69) is 24.1 Å². The zero-order chi connectivity index (χ0) is 17.1. The molecule has 8 heteroatoms. The van der Waals surface area contributed by atoms with Gasteiger partial charge in [-0.1, -0.05) is 6.42 Å². The molecule has 134 valence electrons. The Hall–Kier alpha value is -1.80. The number of piperidine rings is 1. The van der Waals surface area contributed by atoms with Crippen molar-refractivity contribution in [3.05, 3.63) is 33.9 Å². The van der Waals surface area contributed by atoms with Crippen molar-refractivity contribution in [3.63, 3.8) is 0 Å². The largest absolute Gasteiger partial charge is 0.366 e. The lowest BCUT2D eigenvalue weighted by atomic mass is 10.0. The standard InChI is InChI=1S/C17H24N6OS/c24-17-10-13-4-3-6-15(13)20-23(17)9-8-22-7-2-1-5-14(22)11-18-16-12-19-25-21-16/h10,12,14H,1-9,11H2,(H,18,21). The Balaban J connectivity index is 1.37. The molecule has 25 heavy (non-hydrogen) atoms. The van der Waals surface area contributed by atoms with Crippen LogP contribution in [0.15, 0.2) is 17.1 Å².